The topological polar surface area (TPSA) is 66.8 Å². The van der Waals surface area contributed by atoms with Gasteiger partial charge in [-0.3, -0.25) is 0 Å². The summed E-state index contributed by atoms with van der Waals surface area (Å²) in [4.78, 5) is 11.3. The van der Waals surface area contributed by atoms with E-state index in [9.17, 15) is 15.0 Å². The summed E-state index contributed by atoms with van der Waals surface area (Å²) < 4.78 is 4.50. The molecule has 0 aliphatic carbocycles. The Morgan fingerprint density at radius 2 is 1.93 bits per heavy atom. The third kappa shape index (κ3) is 1.51. The summed E-state index contributed by atoms with van der Waals surface area (Å²) in [5.74, 6) is -0.827. The van der Waals surface area contributed by atoms with Crippen LogP contribution in [0.4, 0.5) is 0 Å². The van der Waals surface area contributed by atoms with Gasteiger partial charge in [-0.05, 0) is 25.5 Å². The first-order valence-corrected chi connectivity index (χ1v) is 4.09. The molecular formula is C10H12O4. The molecule has 0 radical (unpaired) electrons. The average Bonchev–Trinajstić information content (AvgIpc) is 2.15. The quantitative estimate of drug-likeness (QED) is 0.527. The summed E-state index contributed by atoms with van der Waals surface area (Å²) in [6, 6.07) is 1.40. The second-order valence-corrected chi connectivity index (χ2v) is 3.05. The Morgan fingerprint density at radius 3 is 2.43 bits per heavy atom. The van der Waals surface area contributed by atoms with Crippen molar-refractivity contribution in [2.24, 2.45) is 0 Å². The fourth-order valence-electron chi connectivity index (χ4n) is 1.24. The van der Waals surface area contributed by atoms with Gasteiger partial charge in [0.05, 0.1) is 7.11 Å². The fourth-order valence-corrected chi connectivity index (χ4v) is 1.24. The van der Waals surface area contributed by atoms with Crippen LogP contribution in [0.5, 0.6) is 11.5 Å². The van der Waals surface area contributed by atoms with Gasteiger partial charge in [0, 0.05) is 5.56 Å². The number of carbonyl (C=O) groups is 1. The number of ether oxygens (including phenoxy) is 1. The standard InChI is InChI=1S/C10H12O4/c1-5-4-7(11)6(2)8(9(5)12)10(13)14-3/h4,11-12H,1-3H3. The van der Waals surface area contributed by atoms with Crippen molar-refractivity contribution in [3.05, 3.63) is 22.8 Å². The molecule has 0 fully saturated rings. The summed E-state index contributed by atoms with van der Waals surface area (Å²) in [7, 11) is 1.22. The van der Waals surface area contributed by atoms with Gasteiger partial charge in [-0.25, -0.2) is 4.79 Å². The summed E-state index contributed by atoms with van der Waals surface area (Å²) in [6.45, 7) is 3.14. The van der Waals surface area contributed by atoms with Gasteiger partial charge in [0.2, 0.25) is 0 Å². The number of phenolic OH excluding ortho intramolecular Hbond substituents is 2. The van der Waals surface area contributed by atoms with E-state index in [4.69, 9.17) is 0 Å². The normalized spacial score (nSPS) is 9.93. The molecule has 0 aliphatic heterocycles. The van der Waals surface area contributed by atoms with Crippen molar-refractivity contribution in [1.29, 1.82) is 0 Å². The number of esters is 1. The highest BCUT2D eigenvalue weighted by atomic mass is 16.5. The van der Waals surface area contributed by atoms with Crippen LogP contribution in [0.25, 0.3) is 0 Å². The van der Waals surface area contributed by atoms with Gasteiger partial charge in [0.1, 0.15) is 17.1 Å². The third-order valence-electron chi connectivity index (χ3n) is 2.11. The van der Waals surface area contributed by atoms with E-state index in [0.29, 0.717) is 11.1 Å². The minimum Gasteiger partial charge on any atom is -0.508 e. The van der Waals surface area contributed by atoms with Crippen LogP contribution in [0.2, 0.25) is 0 Å². The lowest BCUT2D eigenvalue weighted by molar-refractivity contribution is 0.0596. The molecule has 0 aromatic heterocycles. The van der Waals surface area contributed by atoms with E-state index in [1.165, 1.54) is 13.2 Å². The lowest BCUT2D eigenvalue weighted by atomic mass is 10.0. The first-order chi connectivity index (χ1) is 6.49. The molecule has 1 aromatic carbocycles. The molecule has 0 aliphatic rings. The molecule has 2 N–H and O–H groups in total. The highest BCUT2D eigenvalue weighted by Gasteiger charge is 2.19. The lowest BCUT2D eigenvalue weighted by Crippen LogP contribution is -2.05. The van der Waals surface area contributed by atoms with Gasteiger partial charge >= 0.3 is 5.97 Å². The van der Waals surface area contributed by atoms with Crippen molar-refractivity contribution >= 4 is 5.97 Å². The smallest absolute Gasteiger partial charge is 0.342 e. The van der Waals surface area contributed by atoms with Crippen LogP contribution in [0.15, 0.2) is 6.07 Å². The number of rotatable bonds is 1. The van der Waals surface area contributed by atoms with Gasteiger partial charge in [-0.15, -0.1) is 0 Å². The van der Waals surface area contributed by atoms with Crippen molar-refractivity contribution in [2.45, 2.75) is 13.8 Å². The SMILES string of the molecule is COC(=O)c1c(C)c(O)cc(C)c1O. The van der Waals surface area contributed by atoms with Crippen LogP contribution in [-0.4, -0.2) is 23.3 Å². The Hall–Kier alpha value is -1.71. The van der Waals surface area contributed by atoms with E-state index in [1.54, 1.807) is 13.8 Å². The van der Waals surface area contributed by atoms with Gasteiger partial charge in [-0.1, -0.05) is 0 Å². The summed E-state index contributed by atoms with van der Waals surface area (Å²) >= 11 is 0. The molecule has 0 unspecified atom stereocenters. The number of hydrogen-bond donors (Lipinski definition) is 2. The van der Waals surface area contributed by atoms with Crippen LogP contribution < -0.4 is 0 Å². The number of hydrogen-bond acceptors (Lipinski definition) is 4. The zero-order valence-corrected chi connectivity index (χ0v) is 8.29. The van der Waals surface area contributed by atoms with Crippen LogP contribution in [0.3, 0.4) is 0 Å². The number of phenols is 2. The van der Waals surface area contributed by atoms with Crippen LogP contribution in [0, 0.1) is 13.8 Å². The zero-order valence-electron chi connectivity index (χ0n) is 8.29. The largest absolute Gasteiger partial charge is 0.508 e. The van der Waals surface area contributed by atoms with Crippen molar-refractivity contribution < 1.29 is 19.7 Å². The Balaban J connectivity index is 3.47. The van der Waals surface area contributed by atoms with Crippen LogP contribution >= 0.6 is 0 Å². The summed E-state index contributed by atoms with van der Waals surface area (Å²) in [6.07, 6.45) is 0. The molecule has 0 spiro atoms. The molecular weight excluding hydrogens is 184 g/mol. The van der Waals surface area contributed by atoms with E-state index in [1.807, 2.05) is 0 Å². The van der Waals surface area contributed by atoms with E-state index >= 15 is 0 Å². The number of carbonyl (C=O) groups excluding carboxylic acids is 1. The molecule has 76 valence electrons. The van der Waals surface area contributed by atoms with Gasteiger partial charge < -0.3 is 14.9 Å². The van der Waals surface area contributed by atoms with Crippen LogP contribution in [0.1, 0.15) is 21.5 Å². The van der Waals surface area contributed by atoms with Crippen LogP contribution in [-0.2, 0) is 4.74 Å². The second-order valence-electron chi connectivity index (χ2n) is 3.05. The molecule has 1 aromatic rings. The molecule has 0 atom stereocenters. The highest BCUT2D eigenvalue weighted by Crippen LogP contribution is 2.32. The molecule has 0 saturated heterocycles. The summed E-state index contributed by atoms with van der Waals surface area (Å²) in [5, 5.41) is 19.0. The number of aryl methyl sites for hydroxylation is 1. The molecule has 0 heterocycles. The minimum absolute atomic E-state index is 0.0185. The molecule has 0 bridgehead atoms. The van der Waals surface area contributed by atoms with Crippen molar-refractivity contribution in [3.8, 4) is 11.5 Å². The maximum Gasteiger partial charge on any atom is 0.342 e. The van der Waals surface area contributed by atoms with Crippen molar-refractivity contribution in [3.63, 3.8) is 0 Å². The van der Waals surface area contributed by atoms with E-state index in [-0.39, 0.29) is 17.1 Å². The molecule has 14 heavy (non-hydrogen) atoms. The van der Waals surface area contributed by atoms with E-state index in [0.717, 1.165) is 0 Å². The van der Waals surface area contributed by atoms with Crippen molar-refractivity contribution in [1.82, 2.24) is 0 Å². The lowest BCUT2D eigenvalue weighted by Gasteiger charge is -2.10. The first-order valence-electron chi connectivity index (χ1n) is 4.09. The Labute approximate surface area is 81.8 Å². The Bertz CT molecular complexity index is 356. The Morgan fingerprint density at radius 1 is 1.36 bits per heavy atom. The van der Waals surface area contributed by atoms with Gasteiger partial charge in [-0.2, -0.15) is 0 Å². The van der Waals surface area contributed by atoms with Gasteiger partial charge in [0.25, 0.3) is 0 Å². The highest BCUT2D eigenvalue weighted by molar-refractivity contribution is 5.95. The monoisotopic (exact) mass is 196 g/mol. The summed E-state index contributed by atoms with van der Waals surface area (Å²) in [5.41, 5.74) is 0.776. The number of methoxy groups -OCH3 is 1. The number of benzene rings is 1. The molecule has 0 amide bonds. The van der Waals surface area contributed by atoms with Gasteiger partial charge in [0.15, 0.2) is 0 Å². The first kappa shape index (κ1) is 10.4. The third-order valence-corrected chi connectivity index (χ3v) is 2.11. The maximum absolute atomic E-state index is 11.3. The second kappa shape index (κ2) is 3.57. The predicted molar refractivity (Wildman–Crippen MR) is 50.6 cm³/mol. The number of aromatic hydroxyl groups is 2. The van der Waals surface area contributed by atoms with E-state index < -0.39 is 5.97 Å². The molecule has 0 saturated carbocycles. The maximum atomic E-state index is 11.3. The fraction of sp³-hybridized carbons (Fsp3) is 0.300. The molecule has 1 rings (SSSR count). The Kier molecular flexibility index (Phi) is 2.65. The zero-order chi connectivity index (χ0) is 10.9. The molecule has 4 heteroatoms. The van der Waals surface area contributed by atoms with Crippen molar-refractivity contribution in [2.75, 3.05) is 7.11 Å². The predicted octanol–water partition coefficient (Wildman–Crippen LogP) is 1.50. The molecule has 4 nitrogen and oxygen atoms in total. The average molecular weight is 196 g/mol. The van der Waals surface area contributed by atoms with E-state index in [2.05, 4.69) is 4.74 Å². The minimum atomic E-state index is -0.654.